The van der Waals surface area contributed by atoms with Crippen molar-refractivity contribution in [3.63, 3.8) is 0 Å². The highest BCUT2D eigenvalue weighted by Gasteiger charge is 2.06. The summed E-state index contributed by atoms with van der Waals surface area (Å²) in [5, 5.41) is 0.772. The number of rotatable bonds is 6. The van der Waals surface area contributed by atoms with Gasteiger partial charge in [-0.2, -0.15) is 0 Å². The third-order valence-corrected chi connectivity index (χ3v) is 3.44. The van der Waals surface area contributed by atoms with E-state index in [9.17, 15) is 0 Å². The third kappa shape index (κ3) is 7.11. The fourth-order valence-corrected chi connectivity index (χ4v) is 2.53. The van der Waals surface area contributed by atoms with Crippen LogP contribution < -0.4 is 0 Å². The van der Waals surface area contributed by atoms with Gasteiger partial charge in [-0.3, -0.25) is 0 Å². The van der Waals surface area contributed by atoms with E-state index in [0.29, 0.717) is 0 Å². The molecule has 0 radical (unpaired) electrons. The molecule has 0 aliphatic carbocycles. The molecule has 0 nitrogen and oxygen atoms in total. The van der Waals surface area contributed by atoms with Crippen molar-refractivity contribution in [2.24, 2.45) is 0 Å². The Morgan fingerprint density at radius 3 is 2.42 bits per heavy atom. The molecule has 12 heavy (non-hydrogen) atoms. The normalized spacial score (nSPS) is 12.9. The van der Waals surface area contributed by atoms with Gasteiger partial charge in [0, 0.05) is 9.45 Å². The largest absolute Gasteiger partial charge is 0.116 e. The molecular weight excluding hydrogens is 184 g/mol. The molecule has 0 fully saturated rings. The van der Waals surface area contributed by atoms with Gasteiger partial charge in [-0.25, -0.2) is 0 Å². The van der Waals surface area contributed by atoms with Crippen LogP contribution in [0, 0.1) is 0 Å². The fraction of sp³-hybridized carbons (Fsp3) is 0.900. The second-order valence-electron chi connectivity index (χ2n) is 3.14. The highest BCUT2D eigenvalue weighted by molar-refractivity contribution is 8.23. The molecule has 2 heteroatoms. The van der Waals surface area contributed by atoms with Gasteiger partial charge in [0.05, 0.1) is 0 Å². The predicted octanol–water partition coefficient (Wildman–Crippen LogP) is 4.43. The number of unbranched alkanes of at least 4 members (excludes halogenated alkanes) is 2. The molecule has 0 bridgehead atoms. The Kier molecular flexibility index (Phi) is 8.35. The first-order valence-electron chi connectivity index (χ1n) is 4.87. The number of thioether (sulfide) groups is 1. The van der Waals surface area contributed by atoms with Crippen LogP contribution in [0.3, 0.4) is 0 Å². The molecule has 0 saturated heterocycles. The minimum atomic E-state index is 0.772. The lowest BCUT2D eigenvalue weighted by Crippen LogP contribution is -2.02. The van der Waals surface area contributed by atoms with E-state index in [-0.39, 0.29) is 0 Å². The van der Waals surface area contributed by atoms with Crippen LogP contribution in [-0.4, -0.2) is 9.45 Å². The Balaban J connectivity index is 3.46. The second kappa shape index (κ2) is 8.06. The summed E-state index contributed by atoms with van der Waals surface area (Å²) < 4.78 is 1.10. The minimum Gasteiger partial charge on any atom is -0.116 e. The van der Waals surface area contributed by atoms with Crippen molar-refractivity contribution in [3.8, 4) is 0 Å². The number of thiocarbonyl (C=S) groups is 1. The predicted molar refractivity (Wildman–Crippen MR) is 64.1 cm³/mol. The summed E-state index contributed by atoms with van der Waals surface area (Å²) in [7, 11) is 0. The molecule has 0 rings (SSSR count). The molecular formula is C10H20S2. The Labute approximate surface area is 86.5 Å². The summed E-state index contributed by atoms with van der Waals surface area (Å²) in [5.74, 6) is 0. The minimum absolute atomic E-state index is 0.772. The lowest BCUT2D eigenvalue weighted by Gasteiger charge is -2.12. The summed E-state index contributed by atoms with van der Waals surface area (Å²) in [5.41, 5.74) is 0. The van der Waals surface area contributed by atoms with Crippen LogP contribution in [0.1, 0.15) is 52.9 Å². The molecule has 1 unspecified atom stereocenters. The maximum Gasteiger partial charge on any atom is 0.0450 e. The van der Waals surface area contributed by atoms with Gasteiger partial charge < -0.3 is 0 Å². The number of hydrogen-bond donors (Lipinski definition) is 0. The lowest BCUT2D eigenvalue weighted by atomic mass is 10.1. The first kappa shape index (κ1) is 12.4. The van der Waals surface area contributed by atoms with Gasteiger partial charge in [-0.05, 0) is 19.8 Å². The first-order chi connectivity index (χ1) is 5.70. The highest BCUT2D eigenvalue weighted by atomic mass is 32.2. The van der Waals surface area contributed by atoms with Gasteiger partial charge in [-0.1, -0.05) is 45.3 Å². The van der Waals surface area contributed by atoms with E-state index in [1.165, 1.54) is 32.1 Å². The van der Waals surface area contributed by atoms with Crippen LogP contribution in [0.15, 0.2) is 0 Å². The van der Waals surface area contributed by atoms with Crippen molar-refractivity contribution in [1.82, 2.24) is 0 Å². The van der Waals surface area contributed by atoms with Crippen LogP contribution in [0.5, 0.6) is 0 Å². The van der Waals surface area contributed by atoms with Crippen LogP contribution >= 0.6 is 24.0 Å². The average Bonchev–Trinajstić information content (AvgIpc) is 2.02. The SMILES string of the molecule is CCCCCC(CC)SC(C)=S. The summed E-state index contributed by atoms with van der Waals surface area (Å²) in [4.78, 5) is 0. The van der Waals surface area contributed by atoms with E-state index < -0.39 is 0 Å². The molecule has 0 aliphatic rings. The van der Waals surface area contributed by atoms with Gasteiger partial charge in [-0.15, -0.1) is 11.8 Å². The maximum absolute atomic E-state index is 5.08. The molecule has 0 spiro atoms. The van der Waals surface area contributed by atoms with Crippen molar-refractivity contribution in [1.29, 1.82) is 0 Å². The van der Waals surface area contributed by atoms with E-state index in [1.807, 2.05) is 18.7 Å². The topological polar surface area (TPSA) is 0 Å². The summed E-state index contributed by atoms with van der Waals surface area (Å²) in [6, 6.07) is 0. The monoisotopic (exact) mass is 204 g/mol. The maximum atomic E-state index is 5.08. The zero-order chi connectivity index (χ0) is 9.40. The molecule has 72 valence electrons. The molecule has 0 saturated carbocycles. The summed E-state index contributed by atoms with van der Waals surface area (Å²) in [6.45, 7) is 6.53. The van der Waals surface area contributed by atoms with Crippen LogP contribution in [0.4, 0.5) is 0 Å². The smallest absolute Gasteiger partial charge is 0.0450 e. The van der Waals surface area contributed by atoms with Crippen molar-refractivity contribution in [2.45, 2.75) is 58.1 Å². The number of hydrogen-bond acceptors (Lipinski definition) is 2. The van der Waals surface area contributed by atoms with Crippen molar-refractivity contribution in [2.75, 3.05) is 0 Å². The highest BCUT2D eigenvalue weighted by Crippen LogP contribution is 2.22. The fourth-order valence-electron chi connectivity index (χ4n) is 1.20. The Bertz CT molecular complexity index is 121. The lowest BCUT2D eigenvalue weighted by molar-refractivity contribution is 0.637. The van der Waals surface area contributed by atoms with Crippen LogP contribution in [-0.2, 0) is 0 Å². The Morgan fingerprint density at radius 1 is 1.33 bits per heavy atom. The van der Waals surface area contributed by atoms with E-state index in [0.717, 1.165) is 9.45 Å². The van der Waals surface area contributed by atoms with Gasteiger partial charge >= 0.3 is 0 Å². The van der Waals surface area contributed by atoms with E-state index in [1.54, 1.807) is 0 Å². The van der Waals surface area contributed by atoms with Gasteiger partial charge in [0.15, 0.2) is 0 Å². The van der Waals surface area contributed by atoms with E-state index in [2.05, 4.69) is 13.8 Å². The molecule has 0 amide bonds. The zero-order valence-corrected chi connectivity index (χ0v) is 10.1. The molecule has 0 N–H and O–H groups in total. The quantitative estimate of drug-likeness (QED) is 0.464. The average molecular weight is 204 g/mol. The van der Waals surface area contributed by atoms with Crippen LogP contribution in [0.25, 0.3) is 0 Å². The second-order valence-corrected chi connectivity index (χ2v) is 5.52. The molecule has 0 aromatic carbocycles. The van der Waals surface area contributed by atoms with Crippen molar-refractivity contribution < 1.29 is 0 Å². The molecule has 0 aromatic rings. The third-order valence-electron chi connectivity index (χ3n) is 1.92. The first-order valence-corrected chi connectivity index (χ1v) is 6.16. The Morgan fingerprint density at radius 2 is 2.00 bits per heavy atom. The van der Waals surface area contributed by atoms with Crippen molar-refractivity contribution >= 4 is 28.2 Å². The van der Waals surface area contributed by atoms with Gasteiger partial charge in [0.25, 0.3) is 0 Å². The Hall–Kier alpha value is 0.440. The van der Waals surface area contributed by atoms with Gasteiger partial charge in [0.2, 0.25) is 0 Å². The van der Waals surface area contributed by atoms with E-state index >= 15 is 0 Å². The summed E-state index contributed by atoms with van der Waals surface area (Å²) >= 11 is 6.96. The van der Waals surface area contributed by atoms with E-state index in [4.69, 9.17) is 12.2 Å². The van der Waals surface area contributed by atoms with Gasteiger partial charge in [0.1, 0.15) is 0 Å². The molecule has 1 atom stereocenters. The molecule has 0 heterocycles. The zero-order valence-electron chi connectivity index (χ0n) is 8.43. The molecule has 0 aliphatic heterocycles. The standard InChI is InChI=1S/C10H20S2/c1-4-6-7-8-10(5-2)12-9(3)11/h10H,4-8H2,1-3H3. The summed E-state index contributed by atoms with van der Waals surface area (Å²) in [6.07, 6.45) is 6.64. The van der Waals surface area contributed by atoms with Crippen molar-refractivity contribution in [3.05, 3.63) is 0 Å². The van der Waals surface area contributed by atoms with Crippen LogP contribution in [0.2, 0.25) is 0 Å². The molecule has 0 aromatic heterocycles.